The van der Waals surface area contributed by atoms with Crippen LogP contribution >= 0.6 is 0 Å². The number of fused-ring (bicyclic) bond motifs is 3. The lowest BCUT2D eigenvalue weighted by Crippen LogP contribution is -2.69. The molecule has 2 bridgehead atoms. The van der Waals surface area contributed by atoms with Crippen molar-refractivity contribution < 1.29 is 4.74 Å². The first-order valence-corrected chi connectivity index (χ1v) is 10.6. The molecule has 2 atom stereocenters. The molecule has 3 aliphatic rings. The maximum atomic E-state index is 5.53. The molecule has 31 heavy (non-hydrogen) atoms. The summed E-state index contributed by atoms with van der Waals surface area (Å²) in [5.74, 6) is 1.98. The maximum Gasteiger partial charge on any atom is 0.141 e. The smallest absolute Gasteiger partial charge is 0.141 e. The molecule has 3 aromatic heterocycles. The summed E-state index contributed by atoms with van der Waals surface area (Å²) in [7, 11) is 1.74. The Morgan fingerprint density at radius 2 is 1.90 bits per heavy atom. The minimum Gasteiger partial charge on any atom is -0.496 e. The van der Waals surface area contributed by atoms with Crippen molar-refractivity contribution in [3.8, 4) is 17.0 Å². The Morgan fingerprint density at radius 1 is 1.03 bits per heavy atom. The molecule has 7 heteroatoms. The molecule has 0 radical (unpaired) electrons. The van der Waals surface area contributed by atoms with Crippen LogP contribution in [0.3, 0.4) is 0 Å². The average molecular weight is 412 g/mol. The van der Waals surface area contributed by atoms with Gasteiger partial charge in [0.1, 0.15) is 23.5 Å². The normalized spacial score (nSPS) is 20.1. The van der Waals surface area contributed by atoms with Crippen LogP contribution in [0.5, 0.6) is 5.75 Å². The van der Waals surface area contributed by atoms with Crippen molar-refractivity contribution in [2.45, 2.75) is 25.4 Å². The zero-order chi connectivity index (χ0) is 20.9. The average Bonchev–Trinajstić information content (AvgIpc) is 3.29. The monoisotopic (exact) mass is 412 g/mol. The lowest BCUT2D eigenvalue weighted by Gasteiger charge is -2.58. The number of anilines is 2. The number of aromatic amines is 1. The molecule has 3 fully saturated rings. The number of hydrogen-bond acceptors (Lipinski definition) is 6. The molecular weight excluding hydrogens is 388 g/mol. The summed E-state index contributed by atoms with van der Waals surface area (Å²) in [6.07, 6.45) is 6.64. The molecule has 3 saturated heterocycles. The van der Waals surface area contributed by atoms with Crippen molar-refractivity contribution in [1.29, 1.82) is 0 Å². The van der Waals surface area contributed by atoms with Crippen LogP contribution in [0.25, 0.3) is 22.3 Å². The Hall–Kier alpha value is -3.61. The topological polar surface area (TPSA) is 70.2 Å². The maximum absolute atomic E-state index is 5.53. The third-order valence-electron chi connectivity index (χ3n) is 6.58. The van der Waals surface area contributed by atoms with Crippen LogP contribution in [0.1, 0.15) is 12.0 Å². The van der Waals surface area contributed by atoms with Gasteiger partial charge in [0.15, 0.2) is 0 Å². The summed E-state index contributed by atoms with van der Waals surface area (Å²) in [5.41, 5.74) is 5.19. The largest absolute Gasteiger partial charge is 0.496 e. The van der Waals surface area contributed by atoms with E-state index < -0.39 is 0 Å². The fourth-order valence-electron chi connectivity index (χ4n) is 5.00. The van der Waals surface area contributed by atoms with Gasteiger partial charge in [-0.25, -0.2) is 15.0 Å². The molecule has 1 N–H and O–H groups in total. The third-order valence-corrected chi connectivity index (χ3v) is 6.58. The predicted molar refractivity (Wildman–Crippen MR) is 122 cm³/mol. The predicted octanol–water partition coefficient (Wildman–Crippen LogP) is 3.80. The van der Waals surface area contributed by atoms with Crippen molar-refractivity contribution in [2.75, 3.05) is 30.0 Å². The number of ether oxygens (including phenoxy) is 1. The van der Waals surface area contributed by atoms with Crippen molar-refractivity contribution in [3.63, 3.8) is 0 Å². The number of aromatic nitrogens is 4. The van der Waals surface area contributed by atoms with Crippen LogP contribution in [-0.2, 0) is 0 Å². The molecule has 0 spiro atoms. The van der Waals surface area contributed by atoms with Crippen LogP contribution in [0.2, 0.25) is 0 Å². The molecule has 0 aliphatic carbocycles. The van der Waals surface area contributed by atoms with Gasteiger partial charge in [0, 0.05) is 60.3 Å². The minimum absolute atomic E-state index is 0.508. The number of H-pyrrole nitrogens is 1. The number of aryl methyl sites for hydroxylation is 1. The molecule has 7 rings (SSSR count). The minimum atomic E-state index is 0.508. The summed E-state index contributed by atoms with van der Waals surface area (Å²) in [4.78, 5) is 21.6. The number of piperidine rings is 1. The van der Waals surface area contributed by atoms with Crippen LogP contribution < -0.4 is 14.5 Å². The summed E-state index contributed by atoms with van der Waals surface area (Å²) < 4.78 is 5.53. The van der Waals surface area contributed by atoms with Gasteiger partial charge < -0.3 is 19.5 Å². The van der Waals surface area contributed by atoms with E-state index in [0.29, 0.717) is 12.1 Å². The highest BCUT2D eigenvalue weighted by molar-refractivity contribution is 5.90. The summed E-state index contributed by atoms with van der Waals surface area (Å²) in [5, 5.41) is 1.01. The van der Waals surface area contributed by atoms with Gasteiger partial charge in [0.2, 0.25) is 0 Å². The van der Waals surface area contributed by atoms with E-state index in [-0.39, 0.29) is 0 Å². The van der Waals surface area contributed by atoms with Gasteiger partial charge in [-0.15, -0.1) is 0 Å². The van der Waals surface area contributed by atoms with Gasteiger partial charge in [-0.3, -0.25) is 0 Å². The first-order chi connectivity index (χ1) is 15.2. The molecule has 6 heterocycles. The lowest BCUT2D eigenvalue weighted by atomic mass is 9.86. The van der Waals surface area contributed by atoms with E-state index in [2.05, 4.69) is 62.0 Å². The van der Waals surface area contributed by atoms with E-state index in [9.17, 15) is 0 Å². The molecular formula is C24H24N6O. The van der Waals surface area contributed by atoms with Crippen molar-refractivity contribution in [2.24, 2.45) is 0 Å². The second kappa shape index (κ2) is 6.97. The summed E-state index contributed by atoms with van der Waals surface area (Å²) >= 11 is 0. The van der Waals surface area contributed by atoms with E-state index >= 15 is 0 Å². The summed E-state index contributed by atoms with van der Waals surface area (Å²) in [6.45, 7) is 4.04. The zero-order valence-corrected chi connectivity index (χ0v) is 17.6. The van der Waals surface area contributed by atoms with Crippen LogP contribution in [0, 0.1) is 6.92 Å². The molecule has 7 nitrogen and oxygen atoms in total. The fraction of sp³-hybridized carbons (Fsp3) is 0.292. The third kappa shape index (κ3) is 2.91. The number of piperazine rings is 1. The zero-order valence-electron chi connectivity index (χ0n) is 17.6. The number of methoxy groups -OCH3 is 1. The summed E-state index contributed by atoms with van der Waals surface area (Å²) in [6, 6.07) is 13.8. The Labute approximate surface area is 180 Å². The SMILES string of the molecule is COc1cc(N2C3CC2CN(c2ccc(-c4ncnc5[nH]ccc45)cn2)C3)ccc1C. The number of nitrogens with one attached hydrogen (secondary N) is 1. The second-order valence-electron chi connectivity index (χ2n) is 8.38. The lowest BCUT2D eigenvalue weighted by molar-refractivity contribution is 0.290. The number of benzene rings is 1. The van der Waals surface area contributed by atoms with Gasteiger partial charge in [-0.2, -0.15) is 0 Å². The standard InChI is InChI=1S/C24H24N6O/c1-15-3-5-17(10-21(15)31-2)30-18-9-19(30)13-29(12-18)22-6-4-16(11-26-22)23-20-7-8-25-24(20)28-14-27-23/h3-8,10-11,14,18-19H,9,12-13H2,1-2H3,(H,25,27,28). The highest BCUT2D eigenvalue weighted by atomic mass is 16.5. The number of hydrogen-bond donors (Lipinski definition) is 1. The highest BCUT2D eigenvalue weighted by Crippen LogP contribution is 2.40. The van der Waals surface area contributed by atoms with Gasteiger partial charge in [-0.1, -0.05) is 6.07 Å². The molecule has 2 unspecified atom stereocenters. The molecule has 0 amide bonds. The Kier molecular flexibility index (Phi) is 4.09. The van der Waals surface area contributed by atoms with E-state index in [0.717, 1.165) is 46.9 Å². The van der Waals surface area contributed by atoms with Crippen molar-refractivity contribution in [1.82, 2.24) is 19.9 Å². The molecule has 3 aliphatic heterocycles. The van der Waals surface area contributed by atoms with Gasteiger partial charge in [-0.05, 0) is 43.2 Å². The number of pyridine rings is 1. The van der Waals surface area contributed by atoms with E-state index in [1.807, 2.05) is 18.5 Å². The van der Waals surface area contributed by atoms with Crippen LogP contribution in [0.15, 0.2) is 55.1 Å². The quantitative estimate of drug-likeness (QED) is 0.550. The Morgan fingerprint density at radius 3 is 2.68 bits per heavy atom. The molecule has 156 valence electrons. The highest BCUT2D eigenvalue weighted by Gasteiger charge is 2.45. The molecule has 1 aromatic carbocycles. The Bertz CT molecular complexity index is 1240. The van der Waals surface area contributed by atoms with Crippen LogP contribution in [0.4, 0.5) is 11.5 Å². The molecule has 4 aromatic rings. The first kappa shape index (κ1) is 18.2. The first-order valence-electron chi connectivity index (χ1n) is 10.6. The number of rotatable bonds is 4. The molecule has 0 saturated carbocycles. The van der Waals surface area contributed by atoms with Crippen molar-refractivity contribution >= 4 is 22.5 Å². The van der Waals surface area contributed by atoms with E-state index in [1.165, 1.54) is 17.7 Å². The number of nitrogens with zero attached hydrogens (tertiary/aromatic N) is 5. The fourth-order valence-corrected chi connectivity index (χ4v) is 5.00. The Balaban J connectivity index is 1.21. The van der Waals surface area contributed by atoms with Crippen LogP contribution in [-0.4, -0.2) is 52.2 Å². The van der Waals surface area contributed by atoms with E-state index in [1.54, 1.807) is 13.4 Å². The second-order valence-corrected chi connectivity index (χ2v) is 8.38. The van der Waals surface area contributed by atoms with Gasteiger partial charge in [0.05, 0.1) is 12.8 Å². The van der Waals surface area contributed by atoms with Gasteiger partial charge >= 0.3 is 0 Å². The van der Waals surface area contributed by atoms with Gasteiger partial charge in [0.25, 0.3) is 0 Å². The van der Waals surface area contributed by atoms with Crippen molar-refractivity contribution in [3.05, 3.63) is 60.7 Å². The van der Waals surface area contributed by atoms with E-state index in [4.69, 9.17) is 9.72 Å².